The zero-order valence-electron chi connectivity index (χ0n) is 12.0. The first kappa shape index (κ1) is 15.9. The van der Waals surface area contributed by atoms with E-state index in [1.54, 1.807) is 0 Å². The van der Waals surface area contributed by atoms with Crippen LogP contribution in [0.25, 0.3) is 0 Å². The molecule has 0 bridgehead atoms. The van der Waals surface area contributed by atoms with Crippen molar-refractivity contribution in [2.75, 3.05) is 13.1 Å². The van der Waals surface area contributed by atoms with Crippen molar-refractivity contribution in [1.29, 1.82) is 0 Å². The molecule has 0 radical (unpaired) electrons. The lowest BCUT2D eigenvalue weighted by atomic mass is 9.99. The van der Waals surface area contributed by atoms with Crippen LogP contribution in [0.2, 0.25) is 0 Å². The van der Waals surface area contributed by atoms with Crippen LogP contribution in [0, 0.1) is 23.0 Å². The Morgan fingerprint density at radius 3 is 2.62 bits per heavy atom. The van der Waals surface area contributed by atoms with Gasteiger partial charge in [0.15, 0.2) is 0 Å². The van der Waals surface area contributed by atoms with Gasteiger partial charge in [-0.05, 0) is 25.3 Å². The number of piperidine rings is 1. The van der Waals surface area contributed by atoms with E-state index in [1.807, 2.05) is 6.92 Å². The smallest absolute Gasteiger partial charge is 0.273 e. The zero-order chi connectivity index (χ0) is 15.8. The molecule has 1 saturated heterocycles. The first-order valence-corrected chi connectivity index (χ1v) is 8.17. The predicted molar refractivity (Wildman–Crippen MR) is 78.3 cm³/mol. The van der Waals surface area contributed by atoms with Crippen LogP contribution < -0.4 is 5.73 Å². The topological polar surface area (TPSA) is 107 Å². The molecule has 0 saturated carbocycles. The van der Waals surface area contributed by atoms with Crippen LogP contribution in [-0.2, 0) is 10.0 Å². The molecule has 2 rings (SSSR count). The van der Waals surface area contributed by atoms with Gasteiger partial charge < -0.3 is 5.73 Å². The molecule has 8 heteroatoms. The quantitative estimate of drug-likeness (QED) is 0.668. The van der Waals surface area contributed by atoms with Crippen LogP contribution in [0.15, 0.2) is 23.1 Å². The van der Waals surface area contributed by atoms with Gasteiger partial charge in [0.25, 0.3) is 5.69 Å². The summed E-state index contributed by atoms with van der Waals surface area (Å²) in [6.07, 6.45) is 0.778. The summed E-state index contributed by atoms with van der Waals surface area (Å²) >= 11 is 0. The molecule has 1 aliphatic rings. The normalized spacial score (nSPS) is 24.0. The van der Waals surface area contributed by atoms with Crippen molar-refractivity contribution in [3.8, 4) is 0 Å². The summed E-state index contributed by atoms with van der Waals surface area (Å²) in [5.41, 5.74) is 5.86. The number of nitrogens with two attached hydrogens (primary N) is 1. The van der Waals surface area contributed by atoms with E-state index >= 15 is 0 Å². The summed E-state index contributed by atoms with van der Waals surface area (Å²) in [6.45, 7) is 4.03. The van der Waals surface area contributed by atoms with E-state index in [0.717, 1.165) is 6.42 Å². The fourth-order valence-electron chi connectivity index (χ4n) is 2.77. The number of benzene rings is 1. The summed E-state index contributed by atoms with van der Waals surface area (Å²) in [7, 11) is -3.77. The molecule has 0 amide bonds. The predicted octanol–water partition coefficient (Wildman–Crippen LogP) is 1.26. The first-order valence-electron chi connectivity index (χ1n) is 6.73. The van der Waals surface area contributed by atoms with E-state index in [9.17, 15) is 18.5 Å². The van der Waals surface area contributed by atoms with Gasteiger partial charge in [0.1, 0.15) is 0 Å². The molecule has 1 aromatic rings. The molecule has 2 unspecified atom stereocenters. The van der Waals surface area contributed by atoms with Gasteiger partial charge in [0.05, 0.1) is 9.82 Å². The lowest BCUT2D eigenvalue weighted by Gasteiger charge is -2.34. The summed E-state index contributed by atoms with van der Waals surface area (Å²) in [4.78, 5) is 10.4. The summed E-state index contributed by atoms with van der Waals surface area (Å²) in [5, 5.41) is 11.0. The van der Waals surface area contributed by atoms with E-state index in [1.165, 1.54) is 29.4 Å². The largest absolute Gasteiger partial charge is 0.326 e. The van der Waals surface area contributed by atoms with E-state index in [4.69, 9.17) is 5.73 Å². The lowest BCUT2D eigenvalue weighted by Crippen LogP contribution is -2.48. The lowest BCUT2D eigenvalue weighted by molar-refractivity contribution is -0.385. The van der Waals surface area contributed by atoms with Gasteiger partial charge in [0.2, 0.25) is 10.0 Å². The van der Waals surface area contributed by atoms with Crippen LogP contribution >= 0.6 is 0 Å². The van der Waals surface area contributed by atoms with Crippen LogP contribution in [0.3, 0.4) is 0 Å². The molecule has 21 heavy (non-hydrogen) atoms. The van der Waals surface area contributed by atoms with Crippen LogP contribution in [0.5, 0.6) is 0 Å². The molecule has 2 N–H and O–H groups in total. The molecule has 2 atom stereocenters. The highest BCUT2D eigenvalue weighted by atomic mass is 32.2. The average molecular weight is 313 g/mol. The molecule has 1 aliphatic heterocycles. The Hall–Kier alpha value is -1.51. The third-order valence-electron chi connectivity index (χ3n) is 3.73. The maximum absolute atomic E-state index is 12.7. The minimum Gasteiger partial charge on any atom is -0.326 e. The second-order valence-corrected chi connectivity index (χ2v) is 7.49. The molecule has 0 aromatic heterocycles. The van der Waals surface area contributed by atoms with Crippen LogP contribution in [0.1, 0.15) is 18.9 Å². The van der Waals surface area contributed by atoms with E-state index < -0.39 is 14.9 Å². The van der Waals surface area contributed by atoms with Gasteiger partial charge in [-0.1, -0.05) is 13.0 Å². The van der Waals surface area contributed by atoms with E-state index in [-0.39, 0.29) is 34.7 Å². The Morgan fingerprint density at radius 2 is 2.05 bits per heavy atom. The minimum atomic E-state index is -3.77. The molecule has 7 nitrogen and oxygen atoms in total. The maximum Gasteiger partial charge on any atom is 0.273 e. The minimum absolute atomic E-state index is 0.0157. The Morgan fingerprint density at radius 1 is 1.38 bits per heavy atom. The highest BCUT2D eigenvalue weighted by Crippen LogP contribution is 2.29. The number of nitrogens with zero attached hydrogens (tertiary/aromatic N) is 2. The van der Waals surface area contributed by atoms with E-state index in [0.29, 0.717) is 6.54 Å². The van der Waals surface area contributed by atoms with Gasteiger partial charge in [0, 0.05) is 30.8 Å². The Balaban J connectivity index is 2.45. The van der Waals surface area contributed by atoms with Gasteiger partial charge in [-0.15, -0.1) is 0 Å². The number of sulfonamides is 1. The van der Waals surface area contributed by atoms with Gasteiger partial charge in [-0.2, -0.15) is 4.31 Å². The van der Waals surface area contributed by atoms with Crippen molar-refractivity contribution in [3.05, 3.63) is 33.9 Å². The fraction of sp³-hybridized carbons (Fsp3) is 0.538. The van der Waals surface area contributed by atoms with Crippen LogP contribution in [-0.4, -0.2) is 36.8 Å². The highest BCUT2D eigenvalue weighted by Gasteiger charge is 2.34. The number of nitro benzene ring substituents is 1. The maximum atomic E-state index is 12.7. The highest BCUT2D eigenvalue weighted by molar-refractivity contribution is 7.89. The third-order valence-corrected chi connectivity index (χ3v) is 5.70. The molecule has 1 aromatic carbocycles. The summed E-state index contributed by atoms with van der Waals surface area (Å²) in [5.74, 6) is 0.169. The van der Waals surface area contributed by atoms with Crippen LogP contribution in [0.4, 0.5) is 5.69 Å². The Labute approximate surface area is 123 Å². The number of nitro groups is 1. The molecule has 1 heterocycles. The Bertz CT molecular complexity index is 649. The van der Waals surface area contributed by atoms with Crippen molar-refractivity contribution in [1.82, 2.24) is 4.31 Å². The first-order chi connectivity index (χ1) is 9.73. The number of hydrogen-bond acceptors (Lipinski definition) is 5. The molecule has 0 aliphatic carbocycles. The fourth-order valence-corrected chi connectivity index (χ4v) is 4.62. The molecule has 0 spiro atoms. The van der Waals surface area contributed by atoms with Crippen molar-refractivity contribution in [2.45, 2.75) is 31.2 Å². The molecule has 116 valence electrons. The average Bonchev–Trinajstić information content (AvgIpc) is 2.37. The molecular formula is C13H19N3O4S. The van der Waals surface area contributed by atoms with E-state index in [2.05, 4.69) is 0 Å². The SMILES string of the molecule is Cc1c([N+](=O)[O-])cccc1S(=O)(=O)N1CC(C)CC(N)C1. The van der Waals surface area contributed by atoms with Crippen molar-refractivity contribution < 1.29 is 13.3 Å². The van der Waals surface area contributed by atoms with Gasteiger partial charge >= 0.3 is 0 Å². The second-order valence-electron chi connectivity index (χ2n) is 5.58. The van der Waals surface area contributed by atoms with Crippen molar-refractivity contribution in [3.63, 3.8) is 0 Å². The monoisotopic (exact) mass is 313 g/mol. The number of hydrogen-bond donors (Lipinski definition) is 1. The Kier molecular flexibility index (Phi) is 4.31. The standard InChI is InChI=1S/C13H19N3O4S/c1-9-6-11(14)8-15(7-9)21(19,20)13-5-3-4-12(10(13)2)16(17)18/h3-5,9,11H,6-8,14H2,1-2H3. The summed E-state index contributed by atoms with van der Waals surface area (Å²) < 4.78 is 26.8. The molecule has 1 fully saturated rings. The van der Waals surface area contributed by atoms with Gasteiger partial charge in [-0.3, -0.25) is 10.1 Å². The zero-order valence-corrected chi connectivity index (χ0v) is 12.8. The van der Waals surface area contributed by atoms with Gasteiger partial charge in [-0.25, -0.2) is 8.42 Å². The van der Waals surface area contributed by atoms with Crippen molar-refractivity contribution in [2.24, 2.45) is 11.7 Å². The second kappa shape index (κ2) is 5.70. The summed E-state index contributed by atoms with van der Waals surface area (Å²) in [6, 6.07) is 3.90. The molecular weight excluding hydrogens is 294 g/mol. The van der Waals surface area contributed by atoms with Crippen molar-refractivity contribution >= 4 is 15.7 Å². The number of rotatable bonds is 3. The third kappa shape index (κ3) is 3.07.